The molecule has 2 rings (SSSR count). The molecule has 0 bridgehead atoms. The van der Waals surface area contributed by atoms with E-state index in [9.17, 15) is 4.79 Å². The summed E-state index contributed by atoms with van der Waals surface area (Å²) in [6, 6.07) is 5.69. The first-order chi connectivity index (χ1) is 10.0. The summed E-state index contributed by atoms with van der Waals surface area (Å²) >= 11 is 0. The first-order valence-electron chi connectivity index (χ1n) is 7.52. The molecule has 0 saturated carbocycles. The van der Waals surface area contributed by atoms with Gasteiger partial charge in [-0.3, -0.25) is 10.6 Å². The number of likely N-dealkylation sites (tertiary alicyclic amines) is 1. The van der Waals surface area contributed by atoms with Gasteiger partial charge in [-0.05, 0) is 58.0 Å². The Labute approximate surface area is 127 Å². The molecule has 116 valence electrons. The number of hydrogen-bond donors (Lipinski definition) is 2. The third kappa shape index (κ3) is 3.95. The molecule has 0 radical (unpaired) electrons. The van der Waals surface area contributed by atoms with Crippen LogP contribution >= 0.6 is 0 Å². The minimum Gasteiger partial charge on any atom is -0.341 e. The van der Waals surface area contributed by atoms with Crippen LogP contribution in [0.1, 0.15) is 28.8 Å². The fourth-order valence-corrected chi connectivity index (χ4v) is 2.88. The largest absolute Gasteiger partial charge is 0.341 e. The number of anilines is 1. The van der Waals surface area contributed by atoms with Gasteiger partial charge in [-0.25, -0.2) is 0 Å². The molecule has 1 aromatic carbocycles. The van der Waals surface area contributed by atoms with Crippen molar-refractivity contribution in [2.24, 2.45) is 11.8 Å². The second-order valence-electron chi connectivity index (χ2n) is 6.13. The molecule has 1 amide bonds. The van der Waals surface area contributed by atoms with E-state index in [0.29, 0.717) is 17.2 Å². The molecule has 0 spiro atoms. The Bertz CT molecular complexity index is 495. The first-order valence-corrected chi connectivity index (χ1v) is 7.52. The molecule has 3 N–H and O–H groups in total. The Balaban J connectivity index is 2.03. The van der Waals surface area contributed by atoms with Crippen LogP contribution in [0.4, 0.5) is 5.69 Å². The summed E-state index contributed by atoms with van der Waals surface area (Å²) in [5.41, 5.74) is 5.00. The van der Waals surface area contributed by atoms with Crippen LogP contribution in [0, 0.1) is 12.8 Å². The molecule has 0 unspecified atom stereocenters. The van der Waals surface area contributed by atoms with E-state index in [-0.39, 0.29) is 5.91 Å². The summed E-state index contributed by atoms with van der Waals surface area (Å²) in [5, 5.41) is 0. The summed E-state index contributed by atoms with van der Waals surface area (Å²) in [7, 11) is 4.03. The van der Waals surface area contributed by atoms with Gasteiger partial charge in [0.25, 0.3) is 5.91 Å². The number of rotatable bonds is 4. The van der Waals surface area contributed by atoms with Crippen molar-refractivity contribution in [1.29, 1.82) is 0 Å². The number of hydrazine groups is 1. The van der Waals surface area contributed by atoms with Crippen LogP contribution in [0.5, 0.6) is 0 Å². The molecule has 5 heteroatoms. The summed E-state index contributed by atoms with van der Waals surface area (Å²) < 4.78 is 0. The predicted octanol–water partition coefficient (Wildman–Crippen LogP) is 1.69. The number of nitrogen functional groups attached to an aromatic ring is 1. The second kappa shape index (κ2) is 6.91. The summed E-state index contributed by atoms with van der Waals surface area (Å²) in [6.07, 6.45) is 2.31. The lowest BCUT2D eigenvalue weighted by Gasteiger charge is -2.31. The number of benzene rings is 1. The highest BCUT2D eigenvalue weighted by Crippen LogP contribution is 2.21. The van der Waals surface area contributed by atoms with E-state index in [0.717, 1.165) is 38.0 Å². The molecule has 1 saturated heterocycles. The van der Waals surface area contributed by atoms with Crippen LogP contribution in [0.3, 0.4) is 0 Å². The van der Waals surface area contributed by atoms with Crippen molar-refractivity contribution in [3.8, 4) is 0 Å². The Morgan fingerprint density at radius 1 is 1.43 bits per heavy atom. The van der Waals surface area contributed by atoms with Gasteiger partial charge in [0.15, 0.2) is 0 Å². The van der Waals surface area contributed by atoms with Gasteiger partial charge in [0.05, 0.1) is 11.3 Å². The van der Waals surface area contributed by atoms with Crippen molar-refractivity contribution in [1.82, 2.24) is 9.80 Å². The topological polar surface area (TPSA) is 61.6 Å². The Morgan fingerprint density at radius 3 is 2.71 bits per heavy atom. The number of nitrogens with zero attached hydrogens (tertiary/aromatic N) is 2. The minimum atomic E-state index is 0.0329. The summed E-state index contributed by atoms with van der Waals surface area (Å²) in [6.45, 7) is 5.03. The molecule has 0 aliphatic carbocycles. The van der Waals surface area contributed by atoms with Gasteiger partial charge < -0.3 is 15.2 Å². The van der Waals surface area contributed by atoms with Gasteiger partial charge >= 0.3 is 0 Å². The maximum atomic E-state index is 12.6. The van der Waals surface area contributed by atoms with Gasteiger partial charge in [0, 0.05) is 13.6 Å². The average Bonchev–Trinajstić information content (AvgIpc) is 2.48. The molecule has 1 aromatic rings. The van der Waals surface area contributed by atoms with Crippen molar-refractivity contribution in [3.63, 3.8) is 0 Å². The molecule has 0 aromatic heterocycles. The predicted molar refractivity (Wildman–Crippen MR) is 86.2 cm³/mol. The number of piperidine rings is 1. The van der Waals surface area contributed by atoms with Crippen molar-refractivity contribution in [3.05, 3.63) is 29.3 Å². The Kier molecular flexibility index (Phi) is 5.20. The van der Waals surface area contributed by atoms with Crippen LogP contribution in [0.15, 0.2) is 18.2 Å². The lowest BCUT2D eigenvalue weighted by atomic mass is 9.96. The summed E-state index contributed by atoms with van der Waals surface area (Å²) in [4.78, 5) is 16.8. The second-order valence-corrected chi connectivity index (χ2v) is 6.13. The highest BCUT2D eigenvalue weighted by atomic mass is 16.2. The molecule has 1 heterocycles. The van der Waals surface area contributed by atoms with E-state index in [1.54, 1.807) is 0 Å². The van der Waals surface area contributed by atoms with Crippen LogP contribution in [-0.2, 0) is 0 Å². The van der Waals surface area contributed by atoms with Crippen LogP contribution in [-0.4, -0.2) is 49.4 Å². The van der Waals surface area contributed by atoms with E-state index in [1.807, 2.05) is 37.1 Å². The zero-order chi connectivity index (χ0) is 15.4. The third-order valence-corrected chi connectivity index (χ3v) is 4.28. The standard InChI is InChI=1S/C16H26N4O/c1-12-4-5-15(18-17)14(10-12)16(21)20(3)11-13-6-8-19(2)9-7-13/h4-5,10,13,18H,6-9,11,17H2,1-3H3. The van der Waals surface area contributed by atoms with Crippen molar-refractivity contribution in [2.75, 3.05) is 39.2 Å². The van der Waals surface area contributed by atoms with Gasteiger partial charge in [-0.1, -0.05) is 11.6 Å². The average molecular weight is 290 g/mol. The maximum Gasteiger partial charge on any atom is 0.255 e. The lowest BCUT2D eigenvalue weighted by Crippen LogP contribution is -2.38. The monoisotopic (exact) mass is 290 g/mol. The summed E-state index contributed by atoms with van der Waals surface area (Å²) in [5.74, 6) is 6.14. The molecule has 1 aliphatic rings. The zero-order valence-electron chi connectivity index (χ0n) is 13.2. The zero-order valence-corrected chi connectivity index (χ0v) is 13.2. The number of carbonyl (C=O) groups excluding carboxylic acids is 1. The number of aryl methyl sites for hydroxylation is 1. The van der Waals surface area contributed by atoms with Crippen molar-refractivity contribution in [2.45, 2.75) is 19.8 Å². The van der Waals surface area contributed by atoms with E-state index in [1.165, 1.54) is 0 Å². The highest BCUT2D eigenvalue weighted by Gasteiger charge is 2.22. The quantitative estimate of drug-likeness (QED) is 0.654. The van der Waals surface area contributed by atoms with E-state index >= 15 is 0 Å². The number of nitrogens with two attached hydrogens (primary N) is 1. The Morgan fingerprint density at radius 2 is 2.10 bits per heavy atom. The minimum absolute atomic E-state index is 0.0329. The fourth-order valence-electron chi connectivity index (χ4n) is 2.88. The maximum absolute atomic E-state index is 12.6. The normalized spacial score (nSPS) is 16.8. The van der Waals surface area contributed by atoms with Crippen molar-refractivity contribution >= 4 is 11.6 Å². The van der Waals surface area contributed by atoms with Gasteiger partial charge in [0.2, 0.25) is 0 Å². The van der Waals surface area contributed by atoms with Crippen molar-refractivity contribution < 1.29 is 4.79 Å². The van der Waals surface area contributed by atoms with Crippen LogP contribution in [0.2, 0.25) is 0 Å². The van der Waals surface area contributed by atoms with Gasteiger partial charge in [-0.15, -0.1) is 0 Å². The molecule has 5 nitrogen and oxygen atoms in total. The number of hydrogen-bond acceptors (Lipinski definition) is 4. The third-order valence-electron chi connectivity index (χ3n) is 4.28. The van der Waals surface area contributed by atoms with Crippen LogP contribution < -0.4 is 11.3 Å². The first kappa shape index (κ1) is 15.8. The molecule has 0 atom stereocenters. The number of carbonyl (C=O) groups is 1. The fraction of sp³-hybridized carbons (Fsp3) is 0.562. The highest BCUT2D eigenvalue weighted by molar-refractivity contribution is 5.99. The van der Waals surface area contributed by atoms with Gasteiger partial charge in [0.1, 0.15) is 0 Å². The lowest BCUT2D eigenvalue weighted by molar-refractivity contribution is 0.0748. The van der Waals surface area contributed by atoms with Crippen LogP contribution in [0.25, 0.3) is 0 Å². The molecular formula is C16H26N4O. The Hall–Kier alpha value is -1.59. The SMILES string of the molecule is Cc1ccc(NN)c(C(=O)N(C)CC2CCN(C)CC2)c1. The van der Waals surface area contributed by atoms with E-state index in [2.05, 4.69) is 17.4 Å². The van der Waals surface area contributed by atoms with Gasteiger partial charge in [-0.2, -0.15) is 0 Å². The molecule has 1 aliphatic heterocycles. The van der Waals surface area contributed by atoms with E-state index < -0.39 is 0 Å². The molecular weight excluding hydrogens is 264 g/mol. The smallest absolute Gasteiger partial charge is 0.255 e. The molecule has 1 fully saturated rings. The van der Waals surface area contributed by atoms with E-state index in [4.69, 9.17) is 5.84 Å². The molecule has 21 heavy (non-hydrogen) atoms. The number of nitrogens with one attached hydrogen (secondary N) is 1. The number of amides is 1.